The molecule has 0 aliphatic carbocycles. The van der Waals surface area contributed by atoms with Crippen molar-refractivity contribution in [3.8, 4) is 11.5 Å². The summed E-state index contributed by atoms with van der Waals surface area (Å²) in [6, 6.07) is 12.4. The van der Waals surface area contributed by atoms with Crippen molar-refractivity contribution in [1.29, 1.82) is 0 Å². The van der Waals surface area contributed by atoms with Gasteiger partial charge in [0.25, 0.3) is 0 Å². The summed E-state index contributed by atoms with van der Waals surface area (Å²) in [6.45, 7) is 5.19. The Labute approximate surface area is 125 Å². The predicted molar refractivity (Wildman–Crippen MR) is 83.9 cm³/mol. The lowest BCUT2D eigenvalue weighted by Crippen LogP contribution is -2.22. The van der Waals surface area contributed by atoms with E-state index in [0.29, 0.717) is 13.2 Å². The Balaban J connectivity index is 1.65. The molecule has 0 aromatic heterocycles. The van der Waals surface area contributed by atoms with Gasteiger partial charge in [-0.3, -0.25) is 0 Å². The highest BCUT2D eigenvalue weighted by molar-refractivity contribution is 5.40. The van der Waals surface area contributed by atoms with E-state index in [9.17, 15) is 0 Å². The molecule has 1 unspecified atom stereocenters. The number of hydrogen-bond acceptors (Lipinski definition) is 3. The summed E-state index contributed by atoms with van der Waals surface area (Å²) in [7, 11) is 0. The summed E-state index contributed by atoms with van der Waals surface area (Å²) in [6.07, 6.45) is 0.981. The maximum Gasteiger partial charge on any atom is 0.137 e. The summed E-state index contributed by atoms with van der Waals surface area (Å²) < 4.78 is 11.8. The van der Waals surface area contributed by atoms with Gasteiger partial charge >= 0.3 is 0 Å². The third-order valence-corrected chi connectivity index (χ3v) is 3.82. The zero-order chi connectivity index (χ0) is 14.8. The first-order valence-corrected chi connectivity index (χ1v) is 7.34. The van der Waals surface area contributed by atoms with E-state index < -0.39 is 0 Å². The second-order valence-corrected chi connectivity index (χ2v) is 5.68. The fourth-order valence-electron chi connectivity index (χ4n) is 2.73. The van der Waals surface area contributed by atoms with Gasteiger partial charge in [-0.25, -0.2) is 0 Å². The maximum atomic E-state index is 5.92. The summed E-state index contributed by atoms with van der Waals surface area (Å²) in [5.74, 6) is 1.84. The quantitative estimate of drug-likeness (QED) is 0.937. The monoisotopic (exact) mass is 283 g/mol. The van der Waals surface area contributed by atoms with Crippen molar-refractivity contribution in [2.75, 3.05) is 6.61 Å². The highest BCUT2D eigenvalue weighted by Crippen LogP contribution is 2.30. The average Bonchev–Trinajstić information content (AvgIpc) is 2.87. The number of nitrogens with two attached hydrogens (primary N) is 1. The first-order valence-electron chi connectivity index (χ1n) is 7.34. The van der Waals surface area contributed by atoms with E-state index in [-0.39, 0.29) is 6.10 Å². The van der Waals surface area contributed by atoms with Crippen LogP contribution in [0.25, 0.3) is 0 Å². The molecule has 3 nitrogen and oxygen atoms in total. The summed E-state index contributed by atoms with van der Waals surface area (Å²) >= 11 is 0. The van der Waals surface area contributed by atoms with Gasteiger partial charge in [0.05, 0.1) is 0 Å². The van der Waals surface area contributed by atoms with Crippen LogP contribution in [0.3, 0.4) is 0 Å². The first-order chi connectivity index (χ1) is 10.2. The Bertz CT molecular complexity index is 652. The molecule has 1 aliphatic heterocycles. The lowest BCUT2D eigenvalue weighted by Gasteiger charge is -2.15. The van der Waals surface area contributed by atoms with Crippen LogP contribution in [0.15, 0.2) is 36.4 Å². The molecular formula is C18H21NO2. The van der Waals surface area contributed by atoms with E-state index in [4.69, 9.17) is 15.2 Å². The van der Waals surface area contributed by atoms with Crippen LogP contribution in [0.1, 0.15) is 22.3 Å². The molecule has 1 aliphatic rings. The van der Waals surface area contributed by atoms with Gasteiger partial charge in [0.1, 0.15) is 24.2 Å². The number of ether oxygens (including phenoxy) is 2. The number of benzene rings is 2. The Morgan fingerprint density at radius 2 is 1.90 bits per heavy atom. The van der Waals surface area contributed by atoms with Crippen LogP contribution < -0.4 is 15.2 Å². The van der Waals surface area contributed by atoms with Gasteiger partial charge in [-0.1, -0.05) is 35.4 Å². The highest BCUT2D eigenvalue weighted by Gasteiger charge is 2.23. The Hall–Kier alpha value is -2.00. The Morgan fingerprint density at radius 1 is 1.14 bits per heavy atom. The van der Waals surface area contributed by atoms with E-state index in [0.717, 1.165) is 23.5 Å². The molecule has 3 heteroatoms. The van der Waals surface area contributed by atoms with Crippen molar-refractivity contribution in [3.05, 3.63) is 58.7 Å². The van der Waals surface area contributed by atoms with Crippen LogP contribution in [0.5, 0.6) is 11.5 Å². The number of rotatable bonds is 4. The Kier molecular flexibility index (Phi) is 3.84. The first kappa shape index (κ1) is 14.0. The standard InChI is InChI=1S/C18H21NO2/c1-12-4-6-18-14(7-12)9-16(21-18)11-20-17-5-3-13(2)8-15(17)10-19/h3-8,16H,9-11,19H2,1-2H3. The third kappa shape index (κ3) is 3.03. The van der Waals surface area contributed by atoms with E-state index in [1.165, 1.54) is 16.7 Å². The fraction of sp³-hybridized carbons (Fsp3) is 0.333. The van der Waals surface area contributed by atoms with Crippen molar-refractivity contribution in [2.24, 2.45) is 5.73 Å². The molecule has 0 saturated heterocycles. The van der Waals surface area contributed by atoms with Crippen LogP contribution in [-0.4, -0.2) is 12.7 Å². The molecule has 2 N–H and O–H groups in total. The van der Waals surface area contributed by atoms with Gasteiger partial charge in [-0.05, 0) is 31.5 Å². The highest BCUT2D eigenvalue weighted by atomic mass is 16.5. The number of hydrogen-bond donors (Lipinski definition) is 1. The third-order valence-electron chi connectivity index (χ3n) is 3.82. The normalized spacial score (nSPS) is 16.4. The van der Waals surface area contributed by atoms with E-state index in [1.54, 1.807) is 0 Å². The van der Waals surface area contributed by atoms with Crippen molar-refractivity contribution >= 4 is 0 Å². The molecule has 1 heterocycles. The van der Waals surface area contributed by atoms with Crippen LogP contribution >= 0.6 is 0 Å². The van der Waals surface area contributed by atoms with Crippen molar-refractivity contribution in [2.45, 2.75) is 32.9 Å². The van der Waals surface area contributed by atoms with E-state index in [1.807, 2.05) is 18.2 Å². The zero-order valence-corrected chi connectivity index (χ0v) is 12.6. The van der Waals surface area contributed by atoms with Gasteiger partial charge in [-0.15, -0.1) is 0 Å². The number of aryl methyl sites for hydroxylation is 2. The lowest BCUT2D eigenvalue weighted by atomic mass is 10.1. The smallest absolute Gasteiger partial charge is 0.137 e. The van der Waals surface area contributed by atoms with Gasteiger partial charge < -0.3 is 15.2 Å². The molecule has 0 spiro atoms. The molecule has 21 heavy (non-hydrogen) atoms. The van der Waals surface area contributed by atoms with E-state index in [2.05, 4.69) is 32.0 Å². The van der Waals surface area contributed by atoms with Gasteiger partial charge in [0.2, 0.25) is 0 Å². The van der Waals surface area contributed by atoms with E-state index >= 15 is 0 Å². The zero-order valence-electron chi connectivity index (χ0n) is 12.6. The second-order valence-electron chi connectivity index (χ2n) is 5.68. The molecule has 110 valence electrons. The predicted octanol–water partition coefficient (Wildman–Crippen LogP) is 3.14. The molecule has 0 bridgehead atoms. The molecular weight excluding hydrogens is 262 g/mol. The molecule has 0 saturated carbocycles. The summed E-state index contributed by atoms with van der Waals surface area (Å²) in [5, 5.41) is 0. The minimum Gasteiger partial charge on any atom is -0.489 e. The number of fused-ring (bicyclic) bond motifs is 1. The minimum atomic E-state index is 0.0775. The van der Waals surface area contributed by atoms with Crippen molar-refractivity contribution in [3.63, 3.8) is 0 Å². The SMILES string of the molecule is Cc1ccc(OCC2Cc3cc(C)ccc3O2)c(CN)c1. The topological polar surface area (TPSA) is 44.5 Å². The van der Waals surface area contributed by atoms with Crippen LogP contribution in [0, 0.1) is 13.8 Å². The van der Waals surface area contributed by atoms with Gasteiger partial charge in [-0.2, -0.15) is 0 Å². The molecule has 1 atom stereocenters. The van der Waals surface area contributed by atoms with Crippen LogP contribution in [-0.2, 0) is 13.0 Å². The molecule has 3 rings (SSSR count). The summed E-state index contributed by atoms with van der Waals surface area (Å²) in [5.41, 5.74) is 10.6. The molecule has 2 aromatic rings. The van der Waals surface area contributed by atoms with Crippen LogP contribution in [0.2, 0.25) is 0 Å². The summed E-state index contributed by atoms with van der Waals surface area (Å²) in [4.78, 5) is 0. The molecule has 0 radical (unpaired) electrons. The lowest BCUT2D eigenvalue weighted by molar-refractivity contribution is 0.148. The molecule has 0 amide bonds. The fourth-order valence-corrected chi connectivity index (χ4v) is 2.73. The average molecular weight is 283 g/mol. The van der Waals surface area contributed by atoms with Crippen molar-refractivity contribution < 1.29 is 9.47 Å². The van der Waals surface area contributed by atoms with Crippen molar-refractivity contribution in [1.82, 2.24) is 0 Å². The van der Waals surface area contributed by atoms with Gasteiger partial charge in [0.15, 0.2) is 0 Å². The Morgan fingerprint density at radius 3 is 2.71 bits per heavy atom. The largest absolute Gasteiger partial charge is 0.489 e. The maximum absolute atomic E-state index is 5.92. The molecule has 0 fully saturated rings. The van der Waals surface area contributed by atoms with Crippen LogP contribution in [0.4, 0.5) is 0 Å². The minimum absolute atomic E-state index is 0.0775. The molecule has 2 aromatic carbocycles. The van der Waals surface area contributed by atoms with Gasteiger partial charge in [0, 0.05) is 18.5 Å². The second kappa shape index (κ2) is 5.78.